The first kappa shape index (κ1) is 7.56. The summed E-state index contributed by atoms with van der Waals surface area (Å²) >= 11 is 0. The third-order valence-corrected chi connectivity index (χ3v) is 3.35. The van der Waals surface area contributed by atoms with E-state index in [1.54, 1.807) is 0 Å². The lowest BCUT2D eigenvalue weighted by Gasteiger charge is -2.44. The van der Waals surface area contributed by atoms with Crippen molar-refractivity contribution in [3.8, 4) is 0 Å². The van der Waals surface area contributed by atoms with Crippen LogP contribution in [0, 0.1) is 12.3 Å². The second-order valence-corrected chi connectivity index (χ2v) is 4.42. The van der Waals surface area contributed by atoms with Crippen molar-refractivity contribution in [2.24, 2.45) is 5.41 Å². The fraction of sp³-hybridized carbons (Fsp3) is 0.700. The summed E-state index contributed by atoms with van der Waals surface area (Å²) in [7, 11) is 0. The van der Waals surface area contributed by atoms with E-state index in [9.17, 15) is 0 Å². The molecule has 3 heterocycles. The second kappa shape index (κ2) is 2.35. The van der Waals surface area contributed by atoms with Gasteiger partial charge >= 0.3 is 0 Å². The molecule has 3 nitrogen and oxygen atoms in total. The molecule has 0 bridgehead atoms. The number of rotatable bonds is 0. The van der Waals surface area contributed by atoms with Gasteiger partial charge in [-0.2, -0.15) is 5.10 Å². The Balaban J connectivity index is 1.95. The second-order valence-electron chi connectivity index (χ2n) is 4.42. The maximum atomic E-state index is 5.30. The van der Waals surface area contributed by atoms with Gasteiger partial charge in [-0.05, 0) is 25.3 Å². The fourth-order valence-corrected chi connectivity index (χ4v) is 2.37. The lowest BCUT2D eigenvalue weighted by molar-refractivity contribution is -0.133. The molecule has 3 rings (SSSR count). The molecule has 0 N–H and O–H groups in total. The van der Waals surface area contributed by atoms with E-state index in [0.29, 0.717) is 5.41 Å². The van der Waals surface area contributed by atoms with Crippen LogP contribution in [0.25, 0.3) is 0 Å². The zero-order valence-electron chi connectivity index (χ0n) is 7.92. The summed E-state index contributed by atoms with van der Waals surface area (Å²) in [5.41, 5.74) is 3.21. The van der Waals surface area contributed by atoms with E-state index in [-0.39, 0.29) is 0 Å². The molecule has 1 saturated heterocycles. The maximum absolute atomic E-state index is 5.30. The van der Waals surface area contributed by atoms with Crippen molar-refractivity contribution >= 4 is 0 Å². The highest BCUT2D eigenvalue weighted by molar-refractivity contribution is 5.18. The molecule has 70 valence electrons. The van der Waals surface area contributed by atoms with Gasteiger partial charge in [0.05, 0.1) is 26.0 Å². The van der Waals surface area contributed by atoms with Crippen LogP contribution >= 0.6 is 0 Å². The standard InChI is InChI=1S/C10H14N2O/c1-8-4-11-12-5-10(6-13-7-10)3-2-9(8)12/h4H,2-3,5-7H2,1H3. The molecule has 1 spiro atoms. The summed E-state index contributed by atoms with van der Waals surface area (Å²) in [6.45, 7) is 5.08. The summed E-state index contributed by atoms with van der Waals surface area (Å²) in [5.74, 6) is 0. The van der Waals surface area contributed by atoms with E-state index in [0.717, 1.165) is 19.8 Å². The zero-order valence-corrected chi connectivity index (χ0v) is 7.92. The van der Waals surface area contributed by atoms with E-state index in [1.165, 1.54) is 24.1 Å². The molecule has 2 aliphatic heterocycles. The van der Waals surface area contributed by atoms with Crippen molar-refractivity contribution in [1.29, 1.82) is 0 Å². The summed E-state index contributed by atoms with van der Waals surface area (Å²) < 4.78 is 7.46. The summed E-state index contributed by atoms with van der Waals surface area (Å²) in [6, 6.07) is 0. The normalized spacial score (nSPS) is 24.1. The lowest BCUT2D eigenvalue weighted by Crippen LogP contribution is -2.48. The van der Waals surface area contributed by atoms with Crippen molar-refractivity contribution in [1.82, 2.24) is 9.78 Å². The Morgan fingerprint density at radius 1 is 1.54 bits per heavy atom. The van der Waals surface area contributed by atoms with E-state index < -0.39 is 0 Å². The summed E-state index contributed by atoms with van der Waals surface area (Å²) in [6.07, 6.45) is 4.43. The molecule has 3 heteroatoms. The van der Waals surface area contributed by atoms with Crippen LogP contribution in [0.2, 0.25) is 0 Å². The van der Waals surface area contributed by atoms with E-state index in [4.69, 9.17) is 4.74 Å². The minimum absolute atomic E-state index is 0.436. The number of hydrogen-bond acceptors (Lipinski definition) is 2. The first-order chi connectivity index (χ1) is 6.29. The van der Waals surface area contributed by atoms with Gasteiger partial charge in [-0.25, -0.2) is 0 Å². The highest BCUT2D eigenvalue weighted by atomic mass is 16.5. The molecule has 1 fully saturated rings. The van der Waals surface area contributed by atoms with Crippen LogP contribution in [0.4, 0.5) is 0 Å². The molecule has 0 atom stereocenters. The Labute approximate surface area is 77.7 Å². The molecule has 2 aliphatic rings. The van der Waals surface area contributed by atoms with Crippen molar-refractivity contribution < 1.29 is 4.74 Å². The van der Waals surface area contributed by atoms with Gasteiger partial charge in [0.1, 0.15) is 0 Å². The Kier molecular flexibility index (Phi) is 1.37. The van der Waals surface area contributed by atoms with Crippen LogP contribution in [-0.2, 0) is 17.7 Å². The monoisotopic (exact) mass is 178 g/mol. The molecule has 0 aromatic carbocycles. The van der Waals surface area contributed by atoms with Crippen molar-refractivity contribution in [3.05, 3.63) is 17.5 Å². The minimum Gasteiger partial charge on any atom is -0.380 e. The molecular weight excluding hydrogens is 164 g/mol. The molecule has 0 unspecified atom stereocenters. The number of fused-ring (bicyclic) bond motifs is 1. The predicted molar refractivity (Wildman–Crippen MR) is 48.5 cm³/mol. The quantitative estimate of drug-likeness (QED) is 0.596. The Morgan fingerprint density at radius 2 is 2.38 bits per heavy atom. The molecule has 0 aliphatic carbocycles. The third kappa shape index (κ3) is 0.967. The van der Waals surface area contributed by atoms with Crippen LogP contribution < -0.4 is 0 Å². The number of nitrogens with zero attached hydrogens (tertiary/aromatic N) is 2. The van der Waals surface area contributed by atoms with Gasteiger partial charge in [0, 0.05) is 11.1 Å². The number of aryl methyl sites for hydroxylation is 1. The van der Waals surface area contributed by atoms with Crippen LogP contribution in [0.5, 0.6) is 0 Å². The number of ether oxygens (including phenoxy) is 1. The molecule has 0 saturated carbocycles. The summed E-state index contributed by atoms with van der Waals surface area (Å²) in [4.78, 5) is 0. The molecule has 0 amide bonds. The SMILES string of the molecule is Cc1cnn2c1CCC1(COC1)C2. The smallest absolute Gasteiger partial charge is 0.0562 e. The van der Waals surface area contributed by atoms with E-state index in [1.807, 2.05) is 6.20 Å². The first-order valence-corrected chi connectivity index (χ1v) is 4.88. The average Bonchev–Trinajstić information content (AvgIpc) is 2.45. The molecule has 1 aromatic rings. The highest BCUT2D eigenvalue weighted by Crippen LogP contribution is 2.38. The van der Waals surface area contributed by atoms with Gasteiger partial charge in [-0.3, -0.25) is 4.68 Å². The number of hydrogen-bond donors (Lipinski definition) is 0. The van der Waals surface area contributed by atoms with Gasteiger partial charge in [0.15, 0.2) is 0 Å². The molecule has 13 heavy (non-hydrogen) atoms. The Morgan fingerprint density at radius 3 is 3.08 bits per heavy atom. The van der Waals surface area contributed by atoms with Crippen molar-refractivity contribution in [3.63, 3.8) is 0 Å². The molecule has 0 radical (unpaired) electrons. The molecule has 1 aromatic heterocycles. The fourth-order valence-electron chi connectivity index (χ4n) is 2.37. The Bertz CT molecular complexity index is 339. The zero-order chi connectivity index (χ0) is 8.89. The van der Waals surface area contributed by atoms with E-state index in [2.05, 4.69) is 16.7 Å². The Hall–Kier alpha value is -0.830. The van der Waals surface area contributed by atoms with Crippen LogP contribution in [-0.4, -0.2) is 23.0 Å². The highest BCUT2D eigenvalue weighted by Gasteiger charge is 2.41. The van der Waals surface area contributed by atoms with E-state index >= 15 is 0 Å². The number of aromatic nitrogens is 2. The van der Waals surface area contributed by atoms with Gasteiger partial charge < -0.3 is 4.74 Å². The van der Waals surface area contributed by atoms with Gasteiger partial charge in [-0.1, -0.05) is 0 Å². The average molecular weight is 178 g/mol. The van der Waals surface area contributed by atoms with Crippen LogP contribution in [0.1, 0.15) is 17.7 Å². The van der Waals surface area contributed by atoms with Gasteiger partial charge in [0.2, 0.25) is 0 Å². The summed E-state index contributed by atoms with van der Waals surface area (Å²) in [5, 5.41) is 4.39. The lowest BCUT2D eigenvalue weighted by atomic mass is 9.78. The largest absolute Gasteiger partial charge is 0.380 e. The van der Waals surface area contributed by atoms with Crippen molar-refractivity contribution in [2.45, 2.75) is 26.3 Å². The predicted octanol–water partition coefficient (Wildman–Crippen LogP) is 1.15. The van der Waals surface area contributed by atoms with Crippen LogP contribution in [0.3, 0.4) is 0 Å². The van der Waals surface area contributed by atoms with Gasteiger partial charge in [0.25, 0.3) is 0 Å². The third-order valence-electron chi connectivity index (χ3n) is 3.35. The molecular formula is C10H14N2O. The van der Waals surface area contributed by atoms with Crippen LogP contribution in [0.15, 0.2) is 6.20 Å². The minimum atomic E-state index is 0.436. The first-order valence-electron chi connectivity index (χ1n) is 4.88. The maximum Gasteiger partial charge on any atom is 0.0562 e. The topological polar surface area (TPSA) is 27.1 Å². The van der Waals surface area contributed by atoms with Crippen molar-refractivity contribution in [2.75, 3.05) is 13.2 Å². The van der Waals surface area contributed by atoms with Gasteiger partial charge in [-0.15, -0.1) is 0 Å².